The minimum absolute atomic E-state index is 0.0360. The summed E-state index contributed by atoms with van der Waals surface area (Å²) < 4.78 is 35.8. The normalized spacial score (nSPS) is 22.8. The molecular formula is C31H29Cl2F2N3O5. The summed E-state index contributed by atoms with van der Waals surface area (Å²) in [6.45, 7) is 5.95. The average molecular weight is 632 g/mol. The van der Waals surface area contributed by atoms with Crippen LogP contribution < -0.4 is 20.7 Å². The zero-order chi connectivity index (χ0) is 31.4. The van der Waals surface area contributed by atoms with Gasteiger partial charge in [-0.25, -0.2) is 13.6 Å². The maximum atomic E-state index is 15.9. The largest absolute Gasteiger partial charge is 0.495 e. The number of carboxylic acid groups (broad SMARTS) is 1. The van der Waals surface area contributed by atoms with Crippen LogP contribution in [0.4, 0.5) is 20.2 Å². The molecular weight excluding hydrogens is 603 g/mol. The quantitative estimate of drug-likeness (QED) is 0.251. The van der Waals surface area contributed by atoms with Crippen LogP contribution in [0.1, 0.15) is 54.6 Å². The Morgan fingerprint density at radius 2 is 1.84 bits per heavy atom. The van der Waals surface area contributed by atoms with Crippen LogP contribution in [-0.2, 0) is 15.0 Å². The van der Waals surface area contributed by atoms with Gasteiger partial charge in [-0.1, -0.05) is 62.2 Å². The molecule has 1 saturated heterocycles. The molecule has 12 heteroatoms. The summed E-state index contributed by atoms with van der Waals surface area (Å²) in [5, 5.41) is 18.3. The molecule has 43 heavy (non-hydrogen) atoms. The number of rotatable bonds is 6. The molecule has 2 aliphatic rings. The zero-order valence-electron chi connectivity index (χ0n) is 23.7. The van der Waals surface area contributed by atoms with E-state index >= 15 is 4.39 Å². The molecule has 1 spiro atoms. The Labute approximate surface area is 256 Å². The van der Waals surface area contributed by atoms with Gasteiger partial charge in [0.1, 0.15) is 22.8 Å². The van der Waals surface area contributed by atoms with E-state index in [0.717, 1.165) is 12.1 Å². The fraction of sp³-hybridized carbons (Fsp3) is 0.323. The molecule has 2 heterocycles. The molecule has 0 aliphatic carbocycles. The van der Waals surface area contributed by atoms with Crippen LogP contribution in [0.25, 0.3) is 0 Å². The van der Waals surface area contributed by atoms with Crippen molar-refractivity contribution in [2.45, 2.75) is 50.6 Å². The zero-order valence-corrected chi connectivity index (χ0v) is 25.2. The summed E-state index contributed by atoms with van der Waals surface area (Å²) in [6, 6.07) is 9.22. The van der Waals surface area contributed by atoms with Crippen molar-refractivity contribution in [3.63, 3.8) is 0 Å². The Morgan fingerprint density at radius 3 is 2.49 bits per heavy atom. The highest BCUT2D eigenvalue weighted by atomic mass is 35.5. The number of nitrogens with one attached hydrogen (secondary N) is 3. The first kappa shape index (κ1) is 30.7. The second kappa shape index (κ2) is 11.1. The van der Waals surface area contributed by atoms with Crippen molar-refractivity contribution < 1.29 is 33.0 Å². The molecule has 5 rings (SSSR count). The molecule has 0 radical (unpaired) electrons. The number of hydrogen-bond donors (Lipinski definition) is 4. The molecule has 1 fully saturated rings. The summed E-state index contributed by atoms with van der Waals surface area (Å²) in [5.74, 6) is -5.79. The number of methoxy groups -OCH3 is 1. The van der Waals surface area contributed by atoms with Gasteiger partial charge in [0.05, 0.1) is 29.4 Å². The van der Waals surface area contributed by atoms with E-state index in [0.29, 0.717) is 22.7 Å². The van der Waals surface area contributed by atoms with E-state index in [1.54, 1.807) is 24.3 Å². The number of ether oxygens (including phenoxy) is 1. The molecule has 3 aromatic carbocycles. The number of halogens is 4. The molecule has 0 aromatic heterocycles. The van der Waals surface area contributed by atoms with E-state index in [9.17, 15) is 23.9 Å². The lowest BCUT2D eigenvalue weighted by atomic mass is 9.62. The number of carboxylic acids is 1. The lowest BCUT2D eigenvalue weighted by molar-refractivity contribution is -0.122. The fourth-order valence-corrected chi connectivity index (χ4v) is 6.70. The third-order valence-electron chi connectivity index (χ3n) is 8.00. The van der Waals surface area contributed by atoms with Gasteiger partial charge in [-0.15, -0.1) is 0 Å². The van der Waals surface area contributed by atoms with Crippen molar-refractivity contribution in [1.82, 2.24) is 5.32 Å². The number of amides is 2. The predicted octanol–water partition coefficient (Wildman–Crippen LogP) is 6.37. The Balaban J connectivity index is 1.71. The molecule has 2 aliphatic heterocycles. The number of carbonyl (C=O) groups excluding carboxylic acids is 2. The van der Waals surface area contributed by atoms with Crippen LogP contribution in [0.2, 0.25) is 10.0 Å². The maximum Gasteiger partial charge on any atom is 0.338 e. The number of aromatic carboxylic acids is 1. The van der Waals surface area contributed by atoms with Gasteiger partial charge < -0.3 is 25.8 Å². The van der Waals surface area contributed by atoms with Gasteiger partial charge in [0.2, 0.25) is 11.8 Å². The Bertz CT molecular complexity index is 1660. The number of anilines is 2. The van der Waals surface area contributed by atoms with Crippen LogP contribution in [0.3, 0.4) is 0 Å². The Kier molecular flexibility index (Phi) is 7.91. The first-order chi connectivity index (χ1) is 20.2. The average Bonchev–Trinajstić information content (AvgIpc) is 3.39. The van der Waals surface area contributed by atoms with E-state index in [1.807, 2.05) is 20.8 Å². The van der Waals surface area contributed by atoms with Crippen molar-refractivity contribution in [3.05, 3.63) is 86.9 Å². The van der Waals surface area contributed by atoms with Crippen LogP contribution in [-0.4, -0.2) is 42.1 Å². The van der Waals surface area contributed by atoms with E-state index in [-0.39, 0.29) is 27.4 Å². The molecule has 4 atom stereocenters. The van der Waals surface area contributed by atoms with Crippen molar-refractivity contribution in [3.8, 4) is 5.75 Å². The molecule has 226 valence electrons. The van der Waals surface area contributed by atoms with Gasteiger partial charge in [-0.3, -0.25) is 9.59 Å². The molecule has 0 bridgehead atoms. The first-order valence-electron chi connectivity index (χ1n) is 13.4. The minimum atomic E-state index is -1.51. The van der Waals surface area contributed by atoms with Crippen molar-refractivity contribution in [2.75, 3.05) is 17.7 Å². The van der Waals surface area contributed by atoms with Gasteiger partial charge in [0, 0.05) is 28.7 Å². The van der Waals surface area contributed by atoms with Crippen LogP contribution >= 0.6 is 23.2 Å². The van der Waals surface area contributed by atoms with Gasteiger partial charge in [0.15, 0.2) is 0 Å². The Hall–Kier alpha value is -3.73. The van der Waals surface area contributed by atoms with Gasteiger partial charge >= 0.3 is 5.97 Å². The topological polar surface area (TPSA) is 117 Å². The SMILES string of the molecule is COc1cc(C(=O)O)c(F)cc1NC(=O)[C@H]1N[C@H](CC(C)(C)C)C2(C(=O)Nc3cc(Cl)ccc32)[C@@H]1c1cccc(Cl)c1F. The second-order valence-corrected chi connectivity index (χ2v) is 12.8. The number of carbonyl (C=O) groups is 3. The van der Waals surface area contributed by atoms with Crippen molar-refractivity contribution >= 4 is 52.4 Å². The van der Waals surface area contributed by atoms with Crippen LogP contribution in [0, 0.1) is 17.0 Å². The van der Waals surface area contributed by atoms with Crippen LogP contribution in [0.5, 0.6) is 5.75 Å². The number of hydrogen-bond acceptors (Lipinski definition) is 5. The Morgan fingerprint density at radius 1 is 1.12 bits per heavy atom. The fourth-order valence-electron chi connectivity index (χ4n) is 6.35. The van der Waals surface area contributed by atoms with Gasteiger partial charge in [-0.05, 0) is 47.2 Å². The van der Waals surface area contributed by atoms with Gasteiger partial charge in [0.25, 0.3) is 0 Å². The van der Waals surface area contributed by atoms with Gasteiger partial charge in [-0.2, -0.15) is 0 Å². The summed E-state index contributed by atoms with van der Waals surface area (Å²) in [5.41, 5.74) is -1.59. The van der Waals surface area contributed by atoms with E-state index in [1.165, 1.54) is 19.2 Å². The van der Waals surface area contributed by atoms with E-state index < -0.39 is 58.4 Å². The smallest absolute Gasteiger partial charge is 0.338 e. The first-order valence-corrected chi connectivity index (χ1v) is 14.2. The highest BCUT2D eigenvalue weighted by Crippen LogP contribution is 2.57. The maximum absolute atomic E-state index is 15.9. The standard InChI is InChI=1S/C31H29Cl2F2N3O5/c1-30(2,3)13-23-31(17-9-8-14(32)10-20(17)37-29(31)42)24(15-6-5-7-18(33)25(15)35)26(38-23)27(39)36-21-12-19(34)16(28(40)41)11-22(21)43-4/h5-12,23-24,26,38H,13H2,1-4H3,(H,36,39)(H,37,42)(H,40,41)/t23-,24-,26+,31?/m1/s1. The third-order valence-corrected chi connectivity index (χ3v) is 8.53. The van der Waals surface area contributed by atoms with Crippen molar-refractivity contribution in [2.24, 2.45) is 5.41 Å². The molecule has 0 saturated carbocycles. The number of benzene rings is 3. The third kappa shape index (κ3) is 5.21. The second-order valence-electron chi connectivity index (χ2n) is 11.9. The minimum Gasteiger partial charge on any atom is -0.495 e. The molecule has 3 aromatic rings. The monoisotopic (exact) mass is 631 g/mol. The molecule has 4 N–H and O–H groups in total. The van der Waals surface area contributed by atoms with Crippen LogP contribution in [0.15, 0.2) is 48.5 Å². The summed E-state index contributed by atoms with van der Waals surface area (Å²) in [7, 11) is 1.24. The highest BCUT2D eigenvalue weighted by Gasteiger charge is 2.66. The highest BCUT2D eigenvalue weighted by molar-refractivity contribution is 6.31. The lowest BCUT2D eigenvalue weighted by Crippen LogP contribution is -2.49. The number of fused-ring (bicyclic) bond motifs is 2. The summed E-state index contributed by atoms with van der Waals surface area (Å²) >= 11 is 12.5. The molecule has 8 nitrogen and oxygen atoms in total. The van der Waals surface area contributed by atoms with E-state index in [2.05, 4.69) is 16.0 Å². The molecule has 1 unspecified atom stereocenters. The van der Waals surface area contributed by atoms with E-state index in [4.69, 9.17) is 27.9 Å². The summed E-state index contributed by atoms with van der Waals surface area (Å²) in [6.07, 6.45) is 0.399. The van der Waals surface area contributed by atoms with Crippen molar-refractivity contribution in [1.29, 1.82) is 0 Å². The molecule has 2 amide bonds. The summed E-state index contributed by atoms with van der Waals surface area (Å²) in [4.78, 5) is 39.8. The predicted molar refractivity (Wildman–Crippen MR) is 159 cm³/mol. The lowest BCUT2D eigenvalue weighted by Gasteiger charge is -2.37.